The lowest BCUT2D eigenvalue weighted by atomic mass is 10.2. The molecule has 98 valence electrons. The highest BCUT2D eigenvalue weighted by Gasteiger charge is 2.13. The molecule has 1 heterocycles. The van der Waals surface area contributed by atoms with Gasteiger partial charge in [-0.05, 0) is 25.8 Å². The number of unbranched alkanes of at least 4 members (excludes halogenated alkanes) is 2. The summed E-state index contributed by atoms with van der Waals surface area (Å²) in [6.07, 6.45) is 7.14. The van der Waals surface area contributed by atoms with Crippen molar-refractivity contribution in [3.8, 4) is 0 Å². The van der Waals surface area contributed by atoms with Gasteiger partial charge in [-0.2, -0.15) is 0 Å². The second kappa shape index (κ2) is 8.59. The molecule has 4 heteroatoms. The quantitative estimate of drug-likeness (QED) is 0.683. The minimum absolute atomic E-state index is 0.396. The molecule has 1 aromatic rings. The van der Waals surface area contributed by atoms with E-state index in [-0.39, 0.29) is 0 Å². The fraction of sp³-hybridized carbons (Fsp3) is 0.846. The molecular formula is C13H25N3S. The number of nitrogens with zero attached hydrogens (tertiary/aromatic N) is 2. The van der Waals surface area contributed by atoms with E-state index >= 15 is 0 Å². The first kappa shape index (κ1) is 14.6. The number of aromatic nitrogens is 2. The van der Waals surface area contributed by atoms with Gasteiger partial charge in [-0.1, -0.05) is 44.9 Å². The van der Waals surface area contributed by atoms with Crippen molar-refractivity contribution in [3.63, 3.8) is 0 Å². The normalized spacial score (nSPS) is 12.9. The zero-order chi connectivity index (χ0) is 12.5. The first-order valence-electron chi connectivity index (χ1n) is 6.87. The van der Waals surface area contributed by atoms with Crippen LogP contribution >= 0.6 is 11.3 Å². The molecule has 0 saturated carbocycles. The number of aryl methyl sites for hydroxylation is 1. The second-order valence-electron chi connectivity index (χ2n) is 4.41. The van der Waals surface area contributed by atoms with Gasteiger partial charge in [0.05, 0.1) is 6.04 Å². The van der Waals surface area contributed by atoms with Gasteiger partial charge < -0.3 is 5.32 Å². The predicted octanol–water partition coefficient (Wildman–Crippen LogP) is 3.72. The summed E-state index contributed by atoms with van der Waals surface area (Å²) in [6.45, 7) is 7.68. The number of nitrogens with one attached hydrogen (secondary N) is 1. The molecule has 1 unspecified atom stereocenters. The van der Waals surface area contributed by atoms with Crippen LogP contribution in [0.3, 0.4) is 0 Å². The largest absolute Gasteiger partial charge is 0.308 e. The van der Waals surface area contributed by atoms with Crippen molar-refractivity contribution >= 4 is 11.3 Å². The number of hydrogen-bond acceptors (Lipinski definition) is 4. The van der Waals surface area contributed by atoms with Crippen molar-refractivity contribution < 1.29 is 0 Å². The molecule has 0 fully saturated rings. The minimum Gasteiger partial charge on any atom is -0.308 e. The maximum Gasteiger partial charge on any atom is 0.134 e. The molecule has 1 atom stereocenters. The van der Waals surface area contributed by atoms with Gasteiger partial charge in [0.25, 0.3) is 0 Å². The van der Waals surface area contributed by atoms with E-state index in [1.807, 2.05) is 0 Å². The molecule has 1 rings (SSSR count). The van der Waals surface area contributed by atoms with E-state index in [9.17, 15) is 0 Å². The average Bonchev–Trinajstić information content (AvgIpc) is 2.79. The third-order valence-corrected chi connectivity index (χ3v) is 3.92. The summed E-state index contributed by atoms with van der Waals surface area (Å²) in [5.74, 6) is 0. The fourth-order valence-corrected chi connectivity index (χ4v) is 2.80. The van der Waals surface area contributed by atoms with Crippen LogP contribution < -0.4 is 5.32 Å². The second-order valence-corrected chi connectivity index (χ2v) is 5.50. The van der Waals surface area contributed by atoms with Crippen LogP contribution in [0, 0.1) is 0 Å². The molecule has 0 spiro atoms. The smallest absolute Gasteiger partial charge is 0.134 e. The average molecular weight is 255 g/mol. The predicted molar refractivity (Wildman–Crippen MR) is 74.5 cm³/mol. The fourth-order valence-electron chi connectivity index (χ4n) is 1.76. The molecule has 0 aliphatic heterocycles. The van der Waals surface area contributed by atoms with Gasteiger partial charge in [-0.25, -0.2) is 0 Å². The number of rotatable bonds is 9. The molecule has 0 amide bonds. The van der Waals surface area contributed by atoms with Crippen molar-refractivity contribution in [3.05, 3.63) is 10.0 Å². The summed E-state index contributed by atoms with van der Waals surface area (Å²) >= 11 is 1.78. The van der Waals surface area contributed by atoms with Crippen molar-refractivity contribution in [2.75, 3.05) is 6.54 Å². The Bertz CT molecular complexity index is 299. The molecule has 1 N–H and O–H groups in total. The van der Waals surface area contributed by atoms with Gasteiger partial charge in [0.2, 0.25) is 0 Å². The highest BCUT2D eigenvalue weighted by molar-refractivity contribution is 7.11. The lowest BCUT2D eigenvalue weighted by Gasteiger charge is -2.12. The van der Waals surface area contributed by atoms with Crippen molar-refractivity contribution in [2.24, 2.45) is 0 Å². The molecule has 0 aliphatic carbocycles. The van der Waals surface area contributed by atoms with Gasteiger partial charge >= 0.3 is 0 Å². The zero-order valence-corrected chi connectivity index (χ0v) is 12.1. The van der Waals surface area contributed by atoms with Gasteiger partial charge in [-0.3, -0.25) is 0 Å². The molecule has 0 saturated heterocycles. The summed E-state index contributed by atoms with van der Waals surface area (Å²) in [6, 6.07) is 0.396. The van der Waals surface area contributed by atoms with Crippen LogP contribution in [0.25, 0.3) is 0 Å². The van der Waals surface area contributed by atoms with Gasteiger partial charge in [0.1, 0.15) is 10.0 Å². The molecule has 0 bridgehead atoms. The minimum atomic E-state index is 0.396. The Morgan fingerprint density at radius 2 is 1.94 bits per heavy atom. The Kier molecular flexibility index (Phi) is 7.37. The van der Waals surface area contributed by atoms with E-state index in [2.05, 4.69) is 36.3 Å². The monoisotopic (exact) mass is 255 g/mol. The summed E-state index contributed by atoms with van der Waals surface area (Å²) < 4.78 is 0. The van der Waals surface area contributed by atoms with Crippen LogP contribution in [0.4, 0.5) is 0 Å². The molecular weight excluding hydrogens is 230 g/mol. The lowest BCUT2D eigenvalue weighted by molar-refractivity contribution is 0.512. The highest BCUT2D eigenvalue weighted by Crippen LogP contribution is 2.21. The zero-order valence-electron chi connectivity index (χ0n) is 11.3. The summed E-state index contributed by atoms with van der Waals surface area (Å²) in [5.41, 5.74) is 0. The van der Waals surface area contributed by atoms with Gasteiger partial charge in [0.15, 0.2) is 0 Å². The Morgan fingerprint density at radius 3 is 2.59 bits per heavy atom. The molecule has 0 radical (unpaired) electrons. The Labute approximate surface area is 109 Å². The Hall–Kier alpha value is -0.480. The summed E-state index contributed by atoms with van der Waals surface area (Å²) in [7, 11) is 0. The van der Waals surface area contributed by atoms with Crippen molar-refractivity contribution in [2.45, 2.75) is 65.3 Å². The topological polar surface area (TPSA) is 37.8 Å². The van der Waals surface area contributed by atoms with Crippen LogP contribution in [0.2, 0.25) is 0 Å². The van der Waals surface area contributed by atoms with Gasteiger partial charge in [0, 0.05) is 6.42 Å². The standard InChI is InChI=1S/C13H25N3S/c1-4-7-8-9-12-15-16-13(17-12)11(6-3)14-10-5-2/h11,14H,4-10H2,1-3H3. The van der Waals surface area contributed by atoms with Crippen LogP contribution in [-0.2, 0) is 6.42 Å². The summed E-state index contributed by atoms with van der Waals surface area (Å²) in [5, 5.41) is 14.5. The van der Waals surface area contributed by atoms with Crippen LogP contribution in [0.5, 0.6) is 0 Å². The first-order chi connectivity index (χ1) is 8.31. The Balaban J connectivity index is 2.46. The summed E-state index contributed by atoms with van der Waals surface area (Å²) in [4.78, 5) is 0. The van der Waals surface area contributed by atoms with E-state index in [1.54, 1.807) is 11.3 Å². The maximum atomic E-state index is 4.33. The van der Waals surface area contributed by atoms with Crippen LogP contribution in [-0.4, -0.2) is 16.7 Å². The van der Waals surface area contributed by atoms with Gasteiger partial charge in [-0.15, -0.1) is 10.2 Å². The highest BCUT2D eigenvalue weighted by atomic mass is 32.1. The third-order valence-electron chi connectivity index (χ3n) is 2.82. The first-order valence-corrected chi connectivity index (χ1v) is 7.69. The van der Waals surface area contributed by atoms with Crippen molar-refractivity contribution in [1.82, 2.24) is 15.5 Å². The van der Waals surface area contributed by atoms with E-state index in [4.69, 9.17) is 0 Å². The SMILES string of the molecule is CCCCCc1nnc(C(CC)NCCC)s1. The lowest BCUT2D eigenvalue weighted by Crippen LogP contribution is -2.21. The molecule has 17 heavy (non-hydrogen) atoms. The van der Waals surface area contributed by atoms with Crippen LogP contribution in [0.15, 0.2) is 0 Å². The third kappa shape index (κ3) is 5.13. The molecule has 3 nitrogen and oxygen atoms in total. The number of hydrogen-bond donors (Lipinski definition) is 1. The molecule has 0 aliphatic rings. The van der Waals surface area contributed by atoms with Crippen molar-refractivity contribution in [1.29, 1.82) is 0 Å². The van der Waals surface area contributed by atoms with E-state index in [0.29, 0.717) is 6.04 Å². The van der Waals surface area contributed by atoms with E-state index < -0.39 is 0 Å². The Morgan fingerprint density at radius 1 is 1.12 bits per heavy atom. The van der Waals surface area contributed by atoms with Crippen LogP contribution in [0.1, 0.15) is 68.9 Å². The van der Waals surface area contributed by atoms with E-state index in [0.717, 1.165) is 24.4 Å². The molecule has 1 aromatic heterocycles. The maximum absolute atomic E-state index is 4.33. The van der Waals surface area contributed by atoms with E-state index in [1.165, 1.54) is 30.7 Å². The molecule has 0 aromatic carbocycles.